The third-order valence-electron chi connectivity index (χ3n) is 3.28. The van der Waals surface area contributed by atoms with Crippen LogP contribution in [0.25, 0.3) is 0 Å². The van der Waals surface area contributed by atoms with E-state index in [1.807, 2.05) is 12.1 Å². The molecule has 2 unspecified atom stereocenters. The predicted molar refractivity (Wildman–Crippen MR) is 64.3 cm³/mol. The van der Waals surface area contributed by atoms with Gasteiger partial charge in [-0.2, -0.15) is 0 Å². The molecule has 1 fully saturated rings. The van der Waals surface area contributed by atoms with Crippen LogP contribution in [0.15, 0.2) is 24.3 Å². The van der Waals surface area contributed by atoms with Gasteiger partial charge < -0.3 is 10.6 Å². The molecular formula is C12H17ClN2. The van der Waals surface area contributed by atoms with Crippen LogP contribution in [0.1, 0.15) is 17.9 Å². The molecule has 15 heavy (non-hydrogen) atoms. The molecule has 1 heterocycles. The number of hydrogen-bond acceptors (Lipinski definition) is 2. The minimum atomic E-state index is 0.522. The van der Waals surface area contributed by atoms with E-state index in [-0.39, 0.29) is 0 Å². The van der Waals surface area contributed by atoms with E-state index in [1.165, 1.54) is 5.56 Å². The van der Waals surface area contributed by atoms with Crippen molar-refractivity contribution >= 4 is 11.6 Å². The van der Waals surface area contributed by atoms with E-state index < -0.39 is 0 Å². The fourth-order valence-corrected chi connectivity index (χ4v) is 2.56. The zero-order chi connectivity index (χ0) is 10.8. The highest BCUT2D eigenvalue weighted by Gasteiger charge is 2.29. The van der Waals surface area contributed by atoms with Crippen LogP contribution in [0.3, 0.4) is 0 Å². The number of likely N-dealkylation sites (N-methyl/N-ethyl adjacent to an activating group) is 1. The van der Waals surface area contributed by atoms with Crippen LogP contribution in [0.2, 0.25) is 5.02 Å². The second-order valence-electron chi connectivity index (χ2n) is 4.32. The van der Waals surface area contributed by atoms with Gasteiger partial charge in [-0.1, -0.05) is 23.7 Å². The van der Waals surface area contributed by atoms with Gasteiger partial charge in [-0.15, -0.1) is 0 Å². The molecule has 0 spiro atoms. The second-order valence-corrected chi connectivity index (χ2v) is 4.75. The van der Waals surface area contributed by atoms with E-state index in [0.717, 1.165) is 24.5 Å². The smallest absolute Gasteiger partial charge is 0.0408 e. The summed E-state index contributed by atoms with van der Waals surface area (Å²) in [6, 6.07) is 8.69. The lowest BCUT2D eigenvalue weighted by molar-refractivity contribution is 0.316. The Hall–Kier alpha value is -0.570. The molecule has 1 saturated heterocycles. The minimum absolute atomic E-state index is 0.522. The van der Waals surface area contributed by atoms with Gasteiger partial charge in [0.1, 0.15) is 0 Å². The van der Waals surface area contributed by atoms with Gasteiger partial charge in [-0.3, -0.25) is 0 Å². The van der Waals surface area contributed by atoms with Gasteiger partial charge >= 0.3 is 0 Å². The number of benzene rings is 1. The van der Waals surface area contributed by atoms with Crippen molar-refractivity contribution < 1.29 is 0 Å². The second kappa shape index (κ2) is 4.52. The van der Waals surface area contributed by atoms with Crippen LogP contribution in [0, 0.1) is 0 Å². The average Bonchev–Trinajstić information content (AvgIpc) is 2.60. The summed E-state index contributed by atoms with van der Waals surface area (Å²) in [4.78, 5) is 2.34. The van der Waals surface area contributed by atoms with E-state index >= 15 is 0 Å². The molecule has 2 atom stereocenters. The zero-order valence-corrected chi connectivity index (χ0v) is 9.74. The highest BCUT2D eigenvalue weighted by molar-refractivity contribution is 6.30. The van der Waals surface area contributed by atoms with Crippen LogP contribution >= 0.6 is 11.6 Å². The van der Waals surface area contributed by atoms with E-state index in [4.69, 9.17) is 17.3 Å². The predicted octanol–water partition coefficient (Wildman–Crippen LogP) is 2.09. The van der Waals surface area contributed by atoms with Crippen molar-refractivity contribution in [1.29, 1.82) is 0 Å². The van der Waals surface area contributed by atoms with Gasteiger partial charge in [0.15, 0.2) is 0 Å². The standard InChI is InChI=1S/C12H17ClN2/c1-15-8-10(6-12(15)7-14)9-3-2-4-11(13)5-9/h2-5,10,12H,6-8,14H2,1H3. The molecule has 1 aliphatic rings. The maximum absolute atomic E-state index is 5.99. The molecule has 0 radical (unpaired) electrons. The fraction of sp³-hybridized carbons (Fsp3) is 0.500. The number of rotatable bonds is 2. The lowest BCUT2D eigenvalue weighted by Gasteiger charge is -2.15. The highest BCUT2D eigenvalue weighted by Crippen LogP contribution is 2.31. The maximum Gasteiger partial charge on any atom is 0.0408 e. The normalized spacial score (nSPS) is 27.1. The Morgan fingerprint density at radius 1 is 1.53 bits per heavy atom. The first kappa shape index (κ1) is 10.9. The molecule has 2 rings (SSSR count). The molecule has 0 bridgehead atoms. The lowest BCUT2D eigenvalue weighted by Crippen LogP contribution is -2.31. The summed E-state index contributed by atoms with van der Waals surface area (Å²) in [5.41, 5.74) is 7.06. The molecule has 2 N–H and O–H groups in total. The Bertz CT molecular complexity index is 340. The molecule has 2 nitrogen and oxygen atoms in total. The molecule has 0 aromatic heterocycles. The Balaban J connectivity index is 2.13. The van der Waals surface area contributed by atoms with E-state index in [1.54, 1.807) is 0 Å². The molecule has 0 amide bonds. The Labute approximate surface area is 96.0 Å². The quantitative estimate of drug-likeness (QED) is 0.834. The van der Waals surface area contributed by atoms with E-state index in [0.29, 0.717) is 12.0 Å². The van der Waals surface area contributed by atoms with Crippen molar-refractivity contribution in [3.05, 3.63) is 34.9 Å². The largest absolute Gasteiger partial charge is 0.329 e. The SMILES string of the molecule is CN1CC(c2cccc(Cl)c2)CC1CN. The van der Waals surface area contributed by atoms with Crippen molar-refractivity contribution in [1.82, 2.24) is 4.90 Å². The van der Waals surface area contributed by atoms with Gasteiger partial charge in [0.2, 0.25) is 0 Å². The number of likely N-dealkylation sites (tertiary alicyclic amines) is 1. The highest BCUT2D eigenvalue weighted by atomic mass is 35.5. The first-order chi connectivity index (χ1) is 7.20. The molecule has 82 valence electrons. The van der Waals surface area contributed by atoms with Crippen molar-refractivity contribution in [2.24, 2.45) is 5.73 Å². The Kier molecular flexibility index (Phi) is 3.29. The Morgan fingerprint density at radius 2 is 2.33 bits per heavy atom. The van der Waals surface area contributed by atoms with Crippen molar-refractivity contribution in [2.75, 3.05) is 20.1 Å². The lowest BCUT2D eigenvalue weighted by atomic mass is 9.96. The summed E-state index contributed by atoms with van der Waals surface area (Å²) in [6.07, 6.45) is 1.15. The van der Waals surface area contributed by atoms with Gasteiger partial charge in [-0.25, -0.2) is 0 Å². The maximum atomic E-state index is 5.99. The van der Waals surface area contributed by atoms with Gasteiger partial charge in [0, 0.05) is 24.2 Å². The summed E-state index contributed by atoms with van der Waals surface area (Å²) in [5, 5.41) is 0.825. The third kappa shape index (κ3) is 2.33. The Morgan fingerprint density at radius 3 is 2.93 bits per heavy atom. The molecule has 1 aliphatic heterocycles. The van der Waals surface area contributed by atoms with Crippen LogP contribution in [-0.2, 0) is 0 Å². The van der Waals surface area contributed by atoms with Crippen LogP contribution < -0.4 is 5.73 Å². The van der Waals surface area contributed by atoms with Crippen molar-refractivity contribution in [3.63, 3.8) is 0 Å². The van der Waals surface area contributed by atoms with Gasteiger partial charge in [-0.05, 0) is 37.1 Å². The van der Waals surface area contributed by atoms with Crippen molar-refractivity contribution in [3.8, 4) is 0 Å². The molecular weight excluding hydrogens is 208 g/mol. The monoisotopic (exact) mass is 224 g/mol. The summed E-state index contributed by atoms with van der Waals surface area (Å²) in [5.74, 6) is 0.585. The summed E-state index contributed by atoms with van der Waals surface area (Å²) in [6.45, 7) is 1.83. The number of hydrogen-bond donors (Lipinski definition) is 1. The number of nitrogens with zero attached hydrogens (tertiary/aromatic N) is 1. The van der Waals surface area contributed by atoms with E-state index in [9.17, 15) is 0 Å². The van der Waals surface area contributed by atoms with E-state index in [2.05, 4.69) is 24.1 Å². The topological polar surface area (TPSA) is 29.3 Å². The number of nitrogens with two attached hydrogens (primary N) is 1. The van der Waals surface area contributed by atoms with Crippen LogP contribution in [0.4, 0.5) is 0 Å². The summed E-state index contributed by atoms with van der Waals surface area (Å²) >= 11 is 5.99. The van der Waals surface area contributed by atoms with Crippen molar-refractivity contribution in [2.45, 2.75) is 18.4 Å². The number of halogens is 1. The van der Waals surface area contributed by atoms with Gasteiger partial charge in [0.25, 0.3) is 0 Å². The fourth-order valence-electron chi connectivity index (χ4n) is 2.36. The third-order valence-corrected chi connectivity index (χ3v) is 3.52. The molecule has 3 heteroatoms. The summed E-state index contributed by atoms with van der Waals surface area (Å²) in [7, 11) is 2.14. The first-order valence-electron chi connectivity index (χ1n) is 5.36. The summed E-state index contributed by atoms with van der Waals surface area (Å²) < 4.78 is 0. The molecule has 1 aromatic carbocycles. The molecule has 0 saturated carbocycles. The van der Waals surface area contributed by atoms with Gasteiger partial charge in [0.05, 0.1) is 0 Å². The molecule has 1 aromatic rings. The minimum Gasteiger partial charge on any atom is -0.329 e. The zero-order valence-electron chi connectivity index (χ0n) is 8.99. The average molecular weight is 225 g/mol. The molecule has 0 aliphatic carbocycles. The first-order valence-corrected chi connectivity index (χ1v) is 5.74. The van der Waals surface area contributed by atoms with Crippen LogP contribution in [-0.4, -0.2) is 31.1 Å². The van der Waals surface area contributed by atoms with Crippen LogP contribution in [0.5, 0.6) is 0 Å².